The first kappa shape index (κ1) is 16.0. The molecule has 0 bridgehead atoms. The van der Waals surface area contributed by atoms with Gasteiger partial charge in [-0.05, 0) is 24.3 Å². The minimum atomic E-state index is -4.85. The Labute approximate surface area is 119 Å². The Kier molecular flexibility index (Phi) is 5.01. The summed E-state index contributed by atoms with van der Waals surface area (Å²) in [6.45, 7) is 0. The molecule has 0 N–H and O–H groups in total. The van der Waals surface area contributed by atoms with Crippen LogP contribution in [0.5, 0.6) is 5.75 Å². The van der Waals surface area contributed by atoms with Crippen LogP contribution in [0.4, 0.5) is 13.2 Å². The van der Waals surface area contributed by atoms with Crippen LogP contribution in [0.1, 0.15) is 5.56 Å². The Morgan fingerprint density at radius 2 is 1.79 bits per heavy atom. The fourth-order valence-electron chi connectivity index (χ4n) is 1.10. The minimum absolute atomic E-state index is 0.339. The Morgan fingerprint density at radius 1 is 1.26 bits per heavy atom. The van der Waals surface area contributed by atoms with Crippen LogP contribution in [0.2, 0.25) is 0 Å². The molecule has 0 aliphatic heterocycles. The van der Waals surface area contributed by atoms with Crippen LogP contribution in [-0.2, 0) is 11.6 Å². The van der Waals surface area contributed by atoms with Gasteiger partial charge >= 0.3 is 13.5 Å². The van der Waals surface area contributed by atoms with Gasteiger partial charge in [0, 0.05) is 5.56 Å². The summed E-state index contributed by atoms with van der Waals surface area (Å²) < 4.78 is 68.1. The van der Waals surface area contributed by atoms with E-state index in [9.17, 15) is 21.6 Å². The molecule has 0 saturated heterocycles. The zero-order valence-corrected chi connectivity index (χ0v) is 12.3. The van der Waals surface area contributed by atoms with Gasteiger partial charge in [0.2, 0.25) is 0 Å². The van der Waals surface area contributed by atoms with E-state index in [0.29, 0.717) is 5.75 Å². The SMILES string of the molecule is COc1ccc(/C(=N\OS(=O)(=O)I)C(F)(F)F)cc1. The summed E-state index contributed by atoms with van der Waals surface area (Å²) in [5.74, 6) is 0.354. The Balaban J connectivity index is 3.17. The fraction of sp³-hybridized carbons (Fsp3) is 0.222. The topological polar surface area (TPSA) is 65.0 Å². The normalized spacial score (nSPS) is 13.2. The average molecular weight is 409 g/mol. The third-order valence-electron chi connectivity index (χ3n) is 1.85. The van der Waals surface area contributed by atoms with Crippen LogP contribution in [0.15, 0.2) is 29.4 Å². The smallest absolute Gasteiger partial charge is 0.437 e. The Morgan fingerprint density at radius 3 is 2.16 bits per heavy atom. The Hall–Kier alpha value is -1.04. The number of alkyl halides is 3. The number of hydrogen-bond acceptors (Lipinski definition) is 5. The van der Waals surface area contributed by atoms with Crippen LogP contribution < -0.4 is 4.74 Å². The first-order valence-corrected chi connectivity index (χ1v) is 8.51. The highest BCUT2D eigenvalue weighted by Gasteiger charge is 2.38. The van der Waals surface area contributed by atoms with Crippen LogP contribution in [0.25, 0.3) is 0 Å². The molecule has 0 radical (unpaired) electrons. The highest BCUT2D eigenvalue weighted by atomic mass is 127. The quantitative estimate of drug-likeness (QED) is 0.332. The standard InChI is InChI=1S/C9H7F3INO4S/c1-17-7-4-2-6(3-5-7)8(9(10,11)12)14-18-19(13,15)16/h2-5H,1H3/b14-8+. The molecule has 0 fully saturated rings. The highest BCUT2D eigenvalue weighted by molar-refractivity contribution is 14.2. The lowest BCUT2D eigenvalue weighted by atomic mass is 10.1. The van der Waals surface area contributed by atoms with Crippen LogP contribution in [0.3, 0.4) is 0 Å². The van der Waals surface area contributed by atoms with Crippen molar-refractivity contribution in [2.24, 2.45) is 5.16 Å². The second-order valence-corrected chi connectivity index (χ2v) is 7.31. The minimum Gasteiger partial charge on any atom is -0.497 e. The third kappa shape index (κ3) is 5.22. The van der Waals surface area contributed by atoms with E-state index in [-0.39, 0.29) is 5.56 Å². The molecule has 1 aromatic carbocycles. The first-order valence-electron chi connectivity index (χ1n) is 4.56. The van der Waals surface area contributed by atoms with Gasteiger partial charge in [-0.15, -0.1) is 0 Å². The molecule has 5 nitrogen and oxygen atoms in total. The van der Waals surface area contributed by atoms with Crippen molar-refractivity contribution in [2.45, 2.75) is 6.18 Å². The summed E-state index contributed by atoms with van der Waals surface area (Å²) in [4.78, 5) is 0. The second kappa shape index (κ2) is 5.94. The zero-order valence-electron chi connectivity index (χ0n) is 9.31. The van der Waals surface area contributed by atoms with Crippen LogP contribution >= 0.6 is 21.2 Å². The number of hydrogen-bond donors (Lipinski definition) is 0. The number of halogens is 4. The van der Waals surface area contributed by atoms with Gasteiger partial charge in [0.05, 0.1) is 7.11 Å². The van der Waals surface area contributed by atoms with E-state index in [2.05, 4.69) is 9.44 Å². The maximum absolute atomic E-state index is 12.7. The Bertz CT molecular complexity index is 568. The van der Waals surface area contributed by atoms with Gasteiger partial charge in [0.15, 0.2) is 5.71 Å². The predicted molar refractivity (Wildman–Crippen MR) is 69.6 cm³/mol. The van der Waals surface area contributed by atoms with E-state index >= 15 is 0 Å². The van der Waals surface area contributed by atoms with Crippen molar-refractivity contribution in [3.8, 4) is 5.75 Å². The van der Waals surface area contributed by atoms with Gasteiger partial charge in [0.1, 0.15) is 27.0 Å². The molecule has 0 unspecified atom stereocenters. The number of rotatable bonds is 4. The largest absolute Gasteiger partial charge is 0.497 e. The molecule has 1 rings (SSSR count). The number of nitrogens with zero attached hydrogens (tertiary/aromatic N) is 1. The molecule has 0 saturated carbocycles. The molecule has 19 heavy (non-hydrogen) atoms. The van der Waals surface area contributed by atoms with Gasteiger partial charge in [-0.25, -0.2) is 0 Å². The number of methoxy groups -OCH3 is 1. The lowest BCUT2D eigenvalue weighted by molar-refractivity contribution is -0.0596. The van der Waals surface area contributed by atoms with E-state index in [1.807, 2.05) is 0 Å². The van der Waals surface area contributed by atoms with Gasteiger partial charge < -0.3 is 4.74 Å². The second-order valence-electron chi connectivity index (χ2n) is 3.13. The molecule has 0 aliphatic carbocycles. The monoisotopic (exact) mass is 409 g/mol. The molecule has 0 amide bonds. The summed E-state index contributed by atoms with van der Waals surface area (Å²) in [5.41, 5.74) is -1.79. The summed E-state index contributed by atoms with van der Waals surface area (Å²) in [6, 6.07) is 4.76. The molecular formula is C9H7F3INO4S. The first-order chi connectivity index (χ1) is 8.63. The molecule has 0 aliphatic rings. The zero-order chi connectivity index (χ0) is 14.7. The van der Waals surface area contributed by atoms with Crippen LogP contribution in [-0.4, -0.2) is 27.4 Å². The van der Waals surface area contributed by atoms with Crippen molar-refractivity contribution >= 4 is 34.2 Å². The van der Waals surface area contributed by atoms with Crippen molar-refractivity contribution in [3.05, 3.63) is 29.8 Å². The van der Waals surface area contributed by atoms with E-state index in [4.69, 9.17) is 4.74 Å². The molecule has 1 aromatic rings. The summed E-state index contributed by atoms with van der Waals surface area (Å²) >= 11 is 0.824. The third-order valence-corrected chi connectivity index (χ3v) is 2.58. The van der Waals surface area contributed by atoms with Crippen LogP contribution in [0, 0.1) is 0 Å². The van der Waals surface area contributed by atoms with Gasteiger partial charge in [-0.2, -0.15) is 21.6 Å². The maximum atomic E-state index is 12.7. The lowest BCUT2D eigenvalue weighted by Gasteiger charge is -2.10. The van der Waals surface area contributed by atoms with E-state index in [1.54, 1.807) is 0 Å². The van der Waals surface area contributed by atoms with E-state index < -0.39 is 19.2 Å². The van der Waals surface area contributed by atoms with Crippen molar-refractivity contribution < 1.29 is 30.6 Å². The van der Waals surface area contributed by atoms with Crippen molar-refractivity contribution in [1.29, 1.82) is 0 Å². The lowest BCUT2D eigenvalue weighted by Crippen LogP contribution is -2.24. The molecule has 0 atom stereocenters. The van der Waals surface area contributed by atoms with Gasteiger partial charge in [-0.3, -0.25) is 4.28 Å². The summed E-state index contributed by atoms with van der Waals surface area (Å²) in [6.07, 6.45) is -4.85. The average Bonchev–Trinajstić information content (AvgIpc) is 2.26. The number of benzene rings is 1. The number of oxime groups is 1. The maximum Gasteiger partial charge on any atom is 0.437 e. The highest BCUT2D eigenvalue weighted by Crippen LogP contribution is 2.25. The van der Waals surface area contributed by atoms with E-state index in [1.165, 1.54) is 19.2 Å². The predicted octanol–water partition coefficient (Wildman–Crippen LogP) is 2.66. The number of ether oxygens (including phenoxy) is 1. The van der Waals surface area contributed by atoms with Crippen molar-refractivity contribution in [1.82, 2.24) is 0 Å². The van der Waals surface area contributed by atoms with Gasteiger partial charge in [-0.1, -0.05) is 5.16 Å². The molecule has 0 aromatic heterocycles. The molecular weight excluding hydrogens is 402 g/mol. The van der Waals surface area contributed by atoms with Gasteiger partial charge in [0.25, 0.3) is 0 Å². The molecule has 0 spiro atoms. The molecule has 10 heteroatoms. The van der Waals surface area contributed by atoms with Crippen molar-refractivity contribution in [2.75, 3.05) is 7.11 Å². The fourth-order valence-corrected chi connectivity index (χ4v) is 1.50. The molecule has 106 valence electrons. The summed E-state index contributed by atoms with van der Waals surface area (Å²) in [5, 5.41) is 2.65. The van der Waals surface area contributed by atoms with E-state index in [0.717, 1.165) is 33.3 Å². The van der Waals surface area contributed by atoms with Crippen molar-refractivity contribution in [3.63, 3.8) is 0 Å². The molecule has 0 heterocycles. The summed E-state index contributed by atoms with van der Waals surface area (Å²) in [7, 11) is -2.78.